The third-order valence-electron chi connectivity index (χ3n) is 4.23. The smallest absolute Gasteiger partial charge is 0.121 e. The van der Waals surface area contributed by atoms with Crippen LogP contribution in [0.15, 0.2) is 61.1 Å². The number of methoxy groups -OCH3 is 1. The van der Waals surface area contributed by atoms with Crippen molar-refractivity contribution >= 4 is 10.9 Å². The highest BCUT2D eigenvalue weighted by molar-refractivity contribution is 5.96. The Morgan fingerprint density at radius 1 is 1.00 bits per heavy atom. The maximum atomic E-state index is 5.31. The molecule has 0 aliphatic heterocycles. The van der Waals surface area contributed by atoms with Crippen LogP contribution in [-0.2, 0) is 6.54 Å². The van der Waals surface area contributed by atoms with Gasteiger partial charge in [0.05, 0.1) is 18.3 Å². The normalized spacial score (nSPS) is 11.0. The van der Waals surface area contributed by atoms with Crippen molar-refractivity contribution < 1.29 is 4.74 Å². The van der Waals surface area contributed by atoms with Crippen LogP contribution in [0.4, 0.5) is 0 Å². The molecule has 5 heteroatoms. The molecule has 0 aliphatic carbocycles. The third kappa shape index (κ3) is 2.74. The molecule has 0 saturated carbocycles. The first-order valence-corrected chi connectivity index (χ1v) is 8.22. The highest BCUT2D eigenvalue weighted by atomic mass is 16.5. The summed E-state index contributed by atoms with van der Waals surface area (Å²) in [6.07, 6.45) is 3.64. The van der Waals surface area contributed by atoms with Crippen LogP contribution >= 0.6 is 0 Å². The van der Waals surface area contributed by atoms with Crippen molar-refractivity contribution in [2.45, 2.75) is 13.5 Å². The van der Waals surface area contributed by atoms with Crippen molar-refractivity contribution in [1.82, 2.24) is 19.7 Å². The zero-order valence-electron chi connectivity index (χ0n) is 14.2. The fourth-order valence-electron chi connectivity index (χ4n) is 2.94. The maximum absolute atomic E-state index is 5.31. The molecule has 2 heterocycles. The summed E-state index contributed by atoms with van der Waals surface area (Å²) in [6.45, 7) is 2.88. The second-order valence-electron chi connectivity index (χ2n) is 5.72. The minimum Gasteiger partial charge on any atom is -0.497 e. The van der Waals surface area contributed by atoms with Gasteiger partial charge in [-0.3, -0.25) is 4.68 Å². The molecule has 0 aliphatic rings. The minimum absolute atomic E-state index is 0.782. The lowest BCUT2D eigenvalue weighted by molar-refractivity contribution is 0.415. The lowest BCUT2D eigenvalue weighted by Gasteiger charge is -2.07. The highest BCUT2D eigenvalue weighted by Crippen LogP contribution is 2.34. The largest absolute Gasteiger partial charge is 0.497 e. The van der Waals surface area contributed by atoms with Gasteiger partial charge in [-0.05, 0) is 19.1 Å². The standard InChI is InChI=1S/C20H18N4O/c1-3-24-12-17(19(23-24)14-7-5-4-6-8-14)20-16-10-9-15(25-2)11-18(16)21-13-22-20/h4-13H,3H2,1-2H3. The number of benzene rings is 2. The van der Waals surface area contributed by atoms with Crippen molar-refractivity contribution in [1.29, 1.82) is 0 Å². The van der Waals surface area contributed by atoms with E-state index in [-0.39, 0.29) is 0 Å². The molecule has 4 rings (SSSR count). The van der Waals surface area contributed by atoms with Gasteiger partial charge in [-0.15, -0.1) is 0 Å². The average molecular weight is 330 g/mol. The Kier molecular flexibility index (Phi) is 3.90. The van der Waals surface area contributed by atoms with E-state index in [0.29, 0.717) is 0 Å². The zero-order valence-corrected chi connectivity index (χ0v) is 14.2. The number of ether oxygens (including phenoxy) is 1. The van der Waals surface area contributed by atoms with Crippen molar-refractivity contribution in [3.05, 3.63) is 61.1 Å². The number of hydrogen-bond donors (Lipinski definition) is 0. The summed E-state index contributed by atoms with van der Waals surface area (Å²) >= 11 is 0. The molecule has 0 bridgehead atoms. The molecule has 0 atom stereocenters. The minimum atomic E-state index is 0.782. The van der Waals surface area contributed by atoms with E-state index in [0.717, 1.165) is 45.7 Å². The summed E-state index contributed by atoms with van der Waals surface area (Å²) in [7, 11) is 1.65. The van der Waals surface area contributed by atoms with E-state index >= 15 is 0 Å². The highest BCUT2D eigenvalue weighted by Gasteiger charge is 2.16. The average Bonchev–Trinajstić information content (AvgIpc) is 3.12. The molecule has 0 radical (unpaired) electrons. The number of aromatic nitrogens is 4. The first kappa shape index (κ1) is 15.3. The van der Waals surface area contributed by atoms with Gasteiger partial charge in [-0.1, -0.05) is 30.3 Å². The monoisotopic (exact) mass is 330 g/mol. The van der Waals surface area contributed by atoms with Gasteiger partial charge in [0, 0.05) is 35.3 Å². The molecule has 2 aromatic carbocycles. The number of fused-ring (bicyclic) bond motifs is 1. The van der Waals surface area contributed by atoms with E-state index < -0.39 is 0 Å². The van der Waals surface area contributed by atoms with E-state index in [1.54, 1.807) is 13.4 Å². The number of aryl methyl sites for hydroxylation is 1. The third-order valence-corrected chi connectivity index (χ3v) is 4.23. The molecule has 124 valence electrons. The number of rotatable bonds is 4. The van der Waals surface area contributed by atoms with Gasteiger partial charge in [0.2, 0.25) is 0 Å². The fourth-order valence-corrected chi connectivity index (χ4v) is 2.94. The van der Waals surface area contributed by atoms with Crippen LogP contribution in [0.1, 0.15) is 6.92 Å². The molecule has 0 saturated heterocycles. The predicted molar refractivity (Wildman–Crippen MR) is 98.4 cm³/mol. The molecule has 0 unspecified atom stereocenters. The van der Waals surface area contributed by atoms with Gasteiger partial charge in [0.25, 0.3) is 0 Å². The molecule has 5 nitrogen and oxygen atoms in total. The summed E-state index contributed by atoms with van der Waals surface area (Å²) in [5.74, 6) is 0.782. The van der Waals surface area contributed by atoms with Crippen molar-refractivity contribution in [3.8, 4) is 28.3 Å². The molecule has 0 amide bonds. The van der Waals surface area contributed by atoms with E-state index in [1.165, 1.54) is 0 Å². The summed E-state index contributed by atoms with van der Waals surface area (Å²) in [5.41, 5.74) is 4.74. The van der Waals surface area contributed by atoms with Crippen LogP contribution in [0.5, 0.6) is 5.75 Å². The van der Waals surface area contributed by atoms with Gasteiger partial charge in [-0.2, -0.15) is 5.10 Å². The molecule has 0 fully saturated rings. The van der Waals surface area contributed by atoms with Gasteiger partial charge in [0.1, 0.15) is 17.8 Å². The molecule has 4 aromatic rings. The Morgan fingerprint density at radius 2 is 1.84 bits per heavy atom. The van der Waals surface area contributed by atoms with Gasteiger partial charge >= 0.3 is 0 Å². The molecule has 0 N–H and O–H groups in total. The summed E-state index contributed by atoms with van der Waals surface area (Å²) < 4.78 is 7.25. The Bertz CT molecular complexity index is 1020. The van der Waals surface area contributed by atoms with Crippen LogP contribution in [0.25, 0.3) is 33.4 Å². The summed E-state index contributed by atoms with van der Waals surface area (Å²) in [4.78, 5) is 8.95. The van der Waals surface area contributed by atoms with E-state index in [9.17, 15) is 0 Å². The Hall–Kier alpha value is -3.21. The Balaban J connectivity index is 1.96. The predicted octanol–water partition coefficient (Wildman–Crippen LogP) is 4.19. The molecule has 2 aromatic heterocycles. The zero-order chi connectivity index (χ0) is 17.2. The molecule has 25 heavy (non-hydrogen) atoms. The number of nitrogens with zero attached hydrogens (tertiary/aromatic N) is 4. The maximum Gasteiger partial charge on any atom is 0.121 e. The van der Waals surface area contributed by atoms with E-state index in [1.807, 2.05) is 47.3 Å². The van der Waals surface area contributed by atoms with Crippen LogP contribution in [0.3, 0.4) is 0 Å². The van der Waals surface area contributed by atoms with Gasteiger partial charge in [0.15, 0.2) is 0 Å². The lowest BCUT2D eigenvalue weighted by Crippen LogP contribution is -1.93. The fraction of sp³-hybridized carbons (Fsp3) is 0.150. The quantitative estimate of drug-likeness (QED) is 0.563. The van der Waals surface area contributed by atoms with Crippen LogP contribution in [-0.4, -0.2) is 26.9 Å². The molecular formula is C20H18N4O. The first-order chi connectivity index (χ1) is 12.3. The van der Waals surface area contributed by atoms with Crippen LogP contribution in [0.2, 0.25) is 0 Å². The summed E-state index contributed by atoms with van der Waals surface area (Å²) in [6, 6.07) is 16.0. The van der Waals surface area contributed by atoms with Crippen LogP contribution in [0, 0.1) is 0 Å². The Labute approximate surface area is 145 Å². The number of hydrogen-bond acceptors (Lipinski definition) is 4. The van der Waals surface area contributed by atoms with Gasteiger partial charge < -0.3 is 4.74 Å². The van der Waals surface area contributed by atoms with Crippen LogP contribution < -0.4 is 4.74 Å². The van der Waals surface area contributed by atoms with Crippen molar-refractivity contribution in [2.24, 2.45) is 0 Å². The van der Waals surface area contributed by atoms with E-state index in [4.69, 9.17) is 9.84 Å². The molecular weight excluding hydrogens is 312 g/mol. The second kappa shape index (κ2) is 6.36. The molecule has 0 spiro atoms. The Morgan fingerprint density at radius 3 is 2.60 bits per heavy atom. The SMILES string of the molecule is CCn1cc(-c2ncnc3cc(OC)ccc23)c(-c2ccccc2)n1. The first-order valence-electron chi connectivity index (χ1n) is 8.22. The van der Waals surface area contributed by atoms with E-state index in [2.05, 4.69) is 29.0 Å². The lowest BCUT2D eigenvalue weighted by atomic mass is 10.0. The second-order valence-corrected chi connectivity index (χ2v) is 5.72. The topological polar surface area (TPSA) is 52.8 Å². The van der Waals surface area contributed by atoms with Crippen molar-refractivity contribution in [3.63, 3.8) is 0 Å². The summed E-state index contributed by atoms with van der Waals surface area (Å²) in [5, 5.41) is 5.73. The van der Waals surface area contributed by atoms with Gasteiger partial charge in [-0.25, -0.2) is 9.97 Å². The van der Waals surface area contributed by atoms with Crippen molar-refractivity contribution in [2.75, 3.05) is 7.11 Å².